The second-order valence-electron chi connectivity index (χ2n) is 5.75. The van der Waals surface area contributed by atoms with E-state index in [0.717, 1.165) is 10.8 Å². The molecule has 0 aliphatic carbocycles. The van der Waals surface area contributed by atoms with Gasteiger partial charge in [-0.3, -0.25) is 10.1 Å². The van der Waals surface area contributed by atoms with Crippen molar-refractivity contribution >= 4 is 34.4 Å². The Balaban J connectivity index is 1.66. The quantitative estimate of drug-likeness (QED) is 0.310. The lowest BCUT2D eigenvalue weighted by Crippen LogP contribution is -2.05. The van der Waals surface area contributed by atoms with Gasteiger partial charge in [-0.15, -0.1) is 0 Å². The van der Waals surface area contributed by atoms with Crippen LogP contribution in [0.4, 0.5) is 5.69 Å². The number of nitro benzene ring substituents is 1. The summed E-state index contributed by atoms with van der Waals surface area (Å²) in [5.41, 5.74) is 1.48. The zero-order chi connectivity index (χ0) is 18.1. The summed E-state index contributed by atoms with van der Waals surface area (Å²) < 4.78 is 5.28. The Hall–Kier alpha value is -3.80. The van der Waals surface area contributed by atoms with Gasteiger partial charge < -0.3 is 4.74 Å². The number of hydrogen-bond acceptors (Lipinski definition) is 5. The molecule has 26 heavy (non-hydrogen) atoms. The first kappa shape index (κ1) is 15.7. The second kappa shape index (κ2) is 6.25. The SMILES string of the molecule is O=C1OC(c2ccc3ccccc3c2)=N/C1=C\c1ccc([N+](=O)[O-])cc1. The molecule has 0 aromatic heterocycles. The minimum absolute atomic E-state index is 0.0125. The van der Waals surface area contributed by atoms with E-state index in [4.69, 9.17) is 4.74 Å². The van der Waals surface area contributed by atoms with Crippen molar-refractivity contribution in [1.29, 1.82) is 0 Å². The van der Waals surface area contributed by atoms with Crippen LogP contribution in [0.25, 0.3) is 16.8 Å². The number of hydrogen-bond donors (Lipinski definition) is 0. The van der Waals surface area contributed by atoms with Gasteiger partial charge in [0.15, 0.2) is 5.70 Å². The van der Waals surface area contributed by atoms with Gasteiger partial charge >= 0.3 is 5.97 Å². The molecule has 1 aliphatic heterocycles. The fraction of sp³-hybridized carbons (Fsp3) is 0. The standard InChI is InChI=1S/C20H12N2O4/c23-20-18(11-13-5-9-17(10-6-13)22(24)25)21-19(26-20)16-8-7-14-3-1-2-4-15(14)12-16/h1-12H/b18-11-. The van der Waals surface area contributed by atoms with Gasteiger partial charge in [0.2, 0.25) is 5.90 Å². The van der Waals surface area contributed by atoms with Crippen LogP contribution >= 0.6 is 0 Å². The zero-order valence-corrected chi connectivity index (χ0v) is 13.5. The van der Waals surface area contributed by atoms with E-state index in [1.807, 2.05) is 42.5 Å². The summed E-state index contributed by atoms with van der Waals surface area (Å²) in [5, 5.41) is 12.8. The number of cyclic esters (lactones) is 1. The summed E-state index contributed by atoms with van der Waals surface area (Å²) in [6.07, 6.45) is 1.54. The van der Waals surface area contributed by atoms with E-state index in [1.54, 1.807) is 18.2 Å². The van der Waals surface area contributed by atoms with E-state index in [9.17, 15) is 14.9 Å². The monoisotopic (exact) mass is 344 g/mol. The largest absolute Gasteiger partial charge is 0.402 e. The van der Waals surface area contributed by atoms with E-state index < -0.39 is 10.9 Å². The highest BCUT2D eigenvalue weighted by atomic mass is 16.6. The number of ether oxygens (including phenoxy) is 1. The minimum atomic E-state index is -0.550. The number of fused-ring (bicyclic) bond motifs is 1. The van der Waals surface area contributed by atoms with Crippen molar-refractivity contribution < 1.29 is 14.5 Å². The Bertz CT molecular complexity index is 1100. The highest BCUT2D eigenvalue weighted by Crippen LogP contribution is 2.23. The van der Waals surface area contributed by atoms with Crippen molar-refractivity contribution in [2.75, 3.05) is 0 Å². The first-order valence-corrected chi connectivity index (χ1v) is 7.86. The fourth-order valence-electron chi connectivity index (χ4n) is 2.71. The maximum absolute atomic E-state index is 12.1. The van der Waals surface area contributed by atoms with Crippen LogP contribution in [-0.2, 0) is 9.53 Å². The number of non-ortho nitro benzene ring substituents is 1. The van der Waals surface area contributed by atoms with E-state index in [-0.39, 0.29) is 17.3 Å². The van der Waals surface area contributed by atoms with Crippen molar-refractivity contribution in [3.05, 3.63) is 93.7 Å². The van der Waals surface area contributed by atoms with Crippen molar-refractivity contribution in [2.45, 2.75) is 0 Å². The lowest BCUT2D eigenvalue weighted by molar-refractivity contribution is -0.384. The highest BCUT2D eigenvalue weighted by molar-refractivity contribution is 6.13. The molecule has 0 saturated heterocycles. The molecule has 0 atom stereocenters. The van der Waals surface area contributed by atoms with Crippen LogP contribution in [0.1, 0.15) is 11.1 Å². The lowest BCUT2D eigenvalue weighted by Gasteiger charge is -2.02. The third kappa shape index (κ3) is 2.95. The predicted molar refractivity (Wildman–Crippen MR) is 97.7 cm³/mol. The Labute approximate surface area is 148 Å². The minimum Gasteiger partial charge on any atom is -0.402 e. The number of esters is 1. The fourth-order valence-corrected chi connectivity index (χ4v) is 2.71. The van der Waals surface area contributed by atoms with Crippen molar-refractivity contribution in [3.63, 3.8) is 0 Å². The third-order valence-corrected chi connectivity index (χ3v) is 4.02. The molecular formula is C20H12N2O4. The van der Waals surface area contributed by atoms with Gasteiger partial charge in [0, 0.05) is 17.7 Å². The summed E-state index contributed by atoms with van der Waals surface area (Å²) in [6.45, 7) is 0. The summed E-state index contributed by atoms with van der Waals surface area (Å²) >= 11 is 0. The molecule has 0 N–H and O–H groups in total. The van der Waals surface area contributed by atoms with Crippen LogP contribution in [0.15, 0.2) is 77.4 Å². The second-order valence-corrected chi connectivity index (χ2v) is 5.75. The molecule has 4 rings (SSSR count). The van der Waals surface area contributed by atoms with Crippen molar-refractivity contribution in [3.8, 4) is 0 Å². The number of carbonyl (C=O) groups is 1. The average Bonchev–Trinajstić information content (AvgIpc) is 3.02. The maximum Gasteiger partial charge on any atom is 0.363 e. The smallest absolute Gasteiger partial charge is 0.363 e. The average molecular weight is 344 g/mol. The van der Waals surface area contributed by atoms with Crippen LogP contribution in [0, 0.1) is 10.1 Å². The molecule has 0 radical (unpaired) electrons. The Morgan fingerprint density at radius 1 is 0.962 bits per heavy atom. The molecule has 3 aromatic carbocycles. The Morgan fingerprint density at radius 3 is 2.42 bits per heavy atom. The van der Waals surface area contributed by atoms with Crippen LogP contribution in [0.2, 0.25) is 0 Å². The van der Waals surface area contributed by atoms with E-state index in [2.05, 4.69) is 4.99 Å². The van der Waals surface area contributed by atoms with Crippen LogP contribution in [0.3, 0.4) is 0 Å². The lowest BCUT2D eigenvalue weighted by atomic mass is 10.1. The summed E-state index contributed by atoms with van der Waals surface area (Å²) in [6, 6.07) is 19.4. The predicted octanol–water partition coefficient (Wildman–Crippen LogP) is 4.09. The molecule has 6 heteroatoms. The number of benzene rings is 3. The number of carbonyl (C=O) groups excluding carboxylic acids is 1. The number of rotatable bonds is 3. The molecule has 0 fully saturated rings. The molecule has 0 bridgehead atoms. The zero-order valence-electron chi connectivity index (χ0n) is 13.5. The van der Waals surface area contributed by atoms with Crippen LogP contribution < -0.4 is 0 Å². The molecule has 126 valence electrons. The number of nitro groups is 1. The van der Waals surface area contributed by atoms with E-state index in [1.165, 1.54) is 12.1 Å². The molecule has 3 aromatic rings. The van der Waals surface area contributed by atoms with Gasteiger partial charge in [-0.05, 0) is 46.7 Å². The third-order valence-electron chi connectivity index (χ3n) is 4.02. The number of aliphatic imine (C=N–C) groups is 1. The summed E-state index contributed by atoms with van der Waals surface area (Å²) in [4.78, 5) is 26.6. The molecule has 6 nitrogen and oxygen atoms in total. The molecule has 0 spiro atoms. The molecule has 1 heterocycles. The Morgan fingerprint density at radius 2 is 1.69 bits per heavy atom. The summed E-state index contributed by atoms with van der Waals surface area (Å²) in [5.74, 6) is -0.305. The van der Waals surface area contributed by atoms with Gasteiger partial charge in [-0.25, -0.2) is 9.79 Å². The Kier molecular flexibility index (Phi) is 3.78. The number of nitrogens with zero attached hydrogens (tertiary/aromatic N) is 2. The molecular weight excluding hydrogens is 332 g/mol. The molecule has 1 aliphatic rings. The van der Waals surface area contributed by atoms with Gasteiger partial charge in [-0.1, -0.05) is 30.3 Å². The van der Waals surface area contributed by atoms with Crippen LogP contribution in [0.5, 0.6) is 0 Å². The normalized spacial score (nSPS) is 15.2. The molecule has 0 unspecified atom stereocenters. The van der Waals surface area contributed by atoms with Gasteiger partial charge in [0.25, 0.3) is 5.69 Å². The van der Waals surface area contributed by atoms with Gasteiger partial charge in [-0.2, -0.15) is 0 Å². The van der Waals surface area contributed by atoms with Gasteiger partial charge in [0.1, 0.15) is 0 Å². The highest BCUT2D eigenvalue weighted by Gasteiger charge is 2.24. The van der Waals surface area contributed by atoms with Gasteiger partial charge in [0.05, 0.1) is 4.92 Å². The topological polar surface area (TPSA) is 81.8 Å². The van der Waals surface area contributed by atoms with Crippen molar-refractivity contribution in [1.82, 2.24) is 0 Å². The first-order chi connectivity index (χ1) is 12.6. The molecule has 0 saturated carbocycles. The molecule has 0 amide bonds. The van der Waals surface area contributed by atoms with E-state index >= 15 is 0 Å². The first-order valence-electron chi connectivity index (χ1n) is 7.86. The van der Waals surface area contributed by atoms with Crippen LogP contribution in [-0.4, -0.2) is 16.8 Å². The summed E-state index contributed by atoms with van der Waals surface area (Å²) in [7, 11) is 0. The van der Waals surface area contributed by atoms with E-state index in [0.29, 0.717) is 11.1 Å². The van der Waals surface area contributed by atoms with Crippen molar-refractivity contribution in [2.24, 2.45) is 4.99 Å². The maximum atomic E-state index is 12.1.